The third-order valence-electron chi connectivity index (χ3n) is 3.47. The summed E-state index contributed by atoms with van der Waals surface area (Å²) in [5.74, 6) is -0.722. The molecule has 0 aliphatic heterocycles. The van der Waals surface area contributed by atoms with Crippen LogP contribution in [0.1, 0.15) is 31.7 Å². The Morgan fingerprint density at radius 2 is 2.16 bits per heavy atom. The van der Waals surface area contributed by atoms with Gasteiger partial charge in [-0.05, 0) is 38.0 Å². The first-order valence-corrected chi connectivity index (χ1v) is 8.28. The highest BCUT2D eigenvalue weighted by molar-refractivity contribution is 6.32. The van der Waals surface area contributed by atoms with Crippen molar-refractivity contribution >= 4 is 35.1 Å². The first kappa shape index (κ1) is 18.9. The third-order valence-corrected chi connectivity index (χ3v) is 3.80. The molecule has 0 spiro atoms. The Labute approximate surface area is 150 Å². The van der Waals surface area contributed by atoms with Crippen molar-refractivity contribution in [3.8, 4) is 0 Å². The number of aryl methyl sites for hydroxylation is 1. The van der Waals surface area contributed by atoms with E-state index in [9.17, 15) is 14.0 Å². The van der Waals surface area contributed by atoms with Crippen molar-refractivity contribution in [3.05, 3.63) is 53.1 Å². The molecule has 2 rings (SSSR count). The highest BCUT2D eigenvalue weighted by Gasteiger charge is 2.05. The van der Waals surface area contributed by atoms with E-state index in [-0.39, 0.29) is 16.4 Å². The number of benzene rings is 1. The van der Waals surface area contributed by atoms with E-state index in [2.05, 4.69) is 10.4 Å². The van der Waals surface area contributed by atoms with Crippen molar-refractivity contribution in [1.29, 1.82) is 0 Å². The Kier molecular flexibility index (Phi) is 6.89. The zero-order valence-electron chi connectivity index (χ0n) is 13.8. The molecule has 0 radical (unpaired) electrons. The molecule has 0 unspecified atom stereocenters. The van der Waals surface area contributed by atoms with Gasteiger partial charge in [-0.3, -0.25) is 9.48 Å². The van der Waals surface area contributed by atoms with Gasteiger partial charge in [-0.2, -0.15) is 5.10 Å². The molecule has 0 saturated heterocycles. The molecule has 0 saturated carbocycles. The maximum Gasteiger partial charge on any atom is 0.248 e. The van der Waals surface area contributed by atoms with Crippen LogP contribution in [-0.4, -0.2) is 21.5 Å². The van der Waals surface area contributed by atoms with Crippen LogP contribution in [0.25, 0.3) is 6.08 Å². The summed E-state index contributed by atoms with van der Waals surface area (Å²) in [6.07, 6.45) is 7.99. The van der Waals surface area contributed by atoms with Gasteiger partial charge in [0, 0.05) is 30.8 Å². The number of Topliss-reactive ketones (excluding diaryl/α,β-unsaturated/α-hetero) is 1. The summed E-state index contributed by atoms with van der Waals surface area (Å²) >= 11 is 5.90. The van der Waals surface area contributed by atoms with Gasteiger partial charge < -0.3 is 10.1 Å². The van der Waals surface area contributed by atoms with Gasteiger partial charge >= 0.3 is 0 Å². The minimum atomic E-state index is -0.491. The smallest absolute Gasteiger partial charge is 0.248 e. The maximum atomic E-state index is 13.6. The molecule has 0 aliphatic carbocycles. The molecular weight excluding hydrogens is 345 g/mol. The lowest BCUT2D eigenvalue weighted by Gasteiger charge is -2.01. The van der Waals surface area contributed by atoms with Gasteiger partial charge in [-0.1, -0.05) is 17.7 Å². The fraction of sp³-hybridized carbons (Fsp3) is 0.278. The molecule has 1 N–H and O–H groups in total. The van der Waals surface area contributed by atoms with Crippen LogP contribution < -0.4 is 5.32 Å². The van der Waals surface area contributed by atoms with E-state index in [1.807, 2.05) is 0 Å². The lowest BCUT2D eigenvalue weighted by molar-refractivity contribution is -0.117. The van der Waals surface area contributed by atoms with Crippen molar-refractivity contribution in [2.75, 3.05) is 5.32 Å². The third kappa shape index (κ3) is 6.15. The van der Waals surface area contributed by atoms with E-state index < -0.39 is 11.7 Å². The van der Waals surface area contributed by atoms with Crippen molar-refractivity contribution in [2.24, 2.45) is 0 Å². The molecule has 5 nitrogen and oxygen atoms in total. The minimum absolute atomic E-state index is 0.167. The summed E-state index contributed by atoms with van der Waals surface area (Å²) in [7, 11) is 0. The summed E-state index contributed by atoms with van der Waals surface area (Å²) in [4.78, 5) is 22.8. The van der Waals surface area contributed by atoms with Crippen LogP contribution in [0, 0.1) is 5.82 Å². The molecule has 7 heteroatoms. The second kappa shape index (κ2) is 9.13. The molecule has 0 atom stereocenters. The van der Waals surface area contributed by atoms with Crippen molar-refractivity contribution in [1.82, 2.24) is 9.78 Å². The number of halogens is 2. The zero-order chi connectivity index (χ0) is 18.2. The van der Waals surface area contributed by atoms with Crippen LogP contribution in [0.5, 0.6) is 0 Å². The number of anilines is 1. The van der Waals surface area contributed by atoms with Gasteiger partial charge in [0.15, 0.2) is 0 Å². The second-order valence-corrected chi connectivity index (χ2v) is 6.02. The fourth-order valence-corrected chi connectivity index (χ4v) is 2.44. The molecule has 132 valence electrons. The number of carbonyl (C=O) groups is 2. The van der Waals surface area contributed by atoms with Gasteiger partial charge in [0.05, 0.1) is 16.9 Å². The van der Waals surface area contributed by atoms with Crippen molar-refractivity contribution < 1.29 is 14.0 Å². The number of nitrogens with zero attached hydrogens (tertiary/aromatic N) is 2. The predicted octanol–water partition coefficient (Wildman–Crippen LogP) is 4.09. The first-order valence-electron chi connectivity index (χ1n) is 7.90. The highest BCUT2D eigenvalue weighted by atomic mass is 35.5. The summed E-state index contributed by atoms with van der Waals surface area (Å²) in [6, 6.07) is 4.33. The SMILES string of the molecule is CC(=O)CCCCn1cc(NC(=O)/C=C/c2c(F)cccc2Cl)cn1. The average molecular weight is 364 g/mol. The quantitative estimate of drug-likeness (QED) is 0.567. The van der Waals surface area contributed by atoms with E-state index in [1.54, 1.807) is 23.9 Å². The average Bonchev–Trinajstić information content (AvgIpc) is 2.98. The summed E-state index contributed by atoms with van der Waals surface area (Å²) < 4.78 is 15.3. The van der Waals surface area contributed by atoms with Crippen molar-refractivity contribution in [3.63, 3.8) is 0 Å². The predicted molar refractivity (Wildman–Crippen MR) is 95.8 cm³/mol. The van der Waals surface area contributed by atoms with Crippen LogP contribution in [0.15, 0.2) is 36.7 Å². The Morgan fingerprint density at radius 3 is 2.88 bits per heavy atom. The van der Waals surface area contributed by atoms with Gasteiger partial charge in [0.25, 0.3) is 0 Å². The number of rotatable bonds is 8. The lowest BCUT2D eigenvalue weighted by atomic mass is 10.2. The summed E-state index contributed by atoms with van der Waals surface area (Å²) in [5.41, 5.74) is 0.710. The van der Waals surface area contributed by atoms with E-state index >= 15 is 0 Å². The molecule has 1 amide bonds. The maximum absolute atomic E-state index is 13.6. The molecule has 0 aliphatic rings. The topological polar surface area (TPSA) is 64.0 Å². The van der Waals surface area contributed by atoms with E-state index in [1.165, 1.54) is 30.5 Å². The number of amides is 1. The summed E-state index contributed by atoms with van der Waals surface area (Å²) in [6.45, 7) is 2.24. The Morgan fingerprint density at radius 1 is 1.36 bits per heavy atom. The normalized spacial score (nSPS) is 11.0. The van der Waals surface area contributed by atoms with Gasteiger partial charge in [0.1, 0.15) is 11.6 Å². The van der Waals surface area contributed by atoms with Crippen LogP contribution in [0.2, 0.25) is 5.02 Å². The van der Waals surface area contributed by atoms with E-state index in [0.717, 1.165) is 12.8 Å². The fourth-order valence-electron chi connectivity index (χ4n) is 2.21. The monoisotopic (exact) mass is 363 g/mol. The van der Waals surface area contributed by atoms with Gasteiger partial charge in [-0.25, -0.2) is 4.39 Å². The van der Waals surface area contributed by atoms with Crippen LogP contribution in [0.3, 0.4) is 0 Å². The number of unbranched alkanes of at least 4 members (excludes halogenated alkanes) is 1. The Bertz CT molecular complexity index is 766. The van der Waals surface area contributed by atoms with Gasteiger partial charge in [-0.15, -0.1) is 0 Å². The van der Waals surface area contributed by atoms with Crippen LogP contribution >= 0.6 is 11.6 Å². The zero-order valence-corrected chi connectivity index (χ0v) is 14.6. The van der Waals surface area contributed by atoms with E-state index in [0.29, 0.717) is 18.7 Å². The number of hydrogen-bond acceptors (Lipinski definition) is 3. The molecular formula is C18H19ClFN3O2. The van der Waals surface area contributed by atoms with Crippen molar-refractivity contribution in [2.45, 2.75) is 32.7 Å². The number of ketones is 1. The lowest BCUT2D eigenvalue weighted by Crippen LogP contribution is -2.07. The molecule has 1 aromatic carbocycles. The number of carbonyl (C=O) groups excluding carboxylic acids is 2. The van der Waals surface area contributed by atoms with Crippen LogP contribution in [0.4, 0.5) is 10.1 Å². The van der Waals surface area contributed by atoms with E-state index in [4.69, 9.17) is 11.6 Å². The molecule has 0 fully saturated rings. The van der Waals surface area contributed by atoms with Crippen LogP contribution in [-0.2, 0) is 16.1 Å². The largest absolute Gasteiger partial charge is 0.320 e. The molecule has 25 heavy (non-hydrogen) atoms. The highest BCUT2D eigenvalue weighted by Crippen LogP contribution is 2.20. The standard InChI is InChI=1S/C18H19ClFN3O2/c1-13(24)5-2-3-10-23-12-14(11-21-23)22-18(25)9-8-15-16(19)6-4-7-17(15)20/h4,6-9,11-12H,2-3,5,10H2,1H3,(H,22,25)/b9-8+. The number of aromatic nitrogens is 2. The second-order valence-electron chi connectivity index (χ2n) is 5.61. The minimum Gasteiger partial charge on any atom is -0.320 e. The Hall–Kier alpha value is -2.47. The molecule has 1 aromatic heterocycles. The summed E-state index contributed by atoms with van der Waals surface area (Å²) in [5, 5.41) is 7.03. The molecule has 2 aromatic rings. The molecule has 1 heterocycles. The number of hydrogen-bond donors (Lipinski definition) is 1. The molecule has 0 bridgehead atoms. The first-order chi connectivity index (χ1) is 12.0. The Balaban J connectivity index is 1.87. The number of nitrogens with one attached hydrogen (secondary N) is 1. The van der Waals surface area contributed by atoms with Gasteiger partial charge in [0.2, 0.25) is 5.91 Å².